The summed E-state index contributed by atoms with van der Waals surface area (Å²) in [5.41, 5.74) is 2.04. The minimum Gasteiger partial charge on any atom is -0.426 e. The zero-order valence-corrected chi connectivity index (χ0v) is 13.4. The summed E-state index contributed by atoms with van der Waals surface area (Å²) in [7, 11) is 0. The highest BCUT2D eigenvalue weighted by Crippen LogP contribution is 2.24. The lowest BCUT2D eigenvalue weighted by molar-refractivity contribution is -0.134. The normalized spacial score (nSPS) is 11.5. The summed E-state index contributed by atoms with van der Waals surface area (Å²) in [6.45, 7) is 2.81. The molecule has 0 aliphatic rings. The van der Waals surface area contributed by atoms with Crippen molar-refractivity contribution in [2.45, 2.75) is 13.8 Å². The summed E-state index contributed by atoms with van der Waals surface area (Å²) in [5.74, 6) is -0.206. The van der Waals surface area contributed by atoms with Crippen molar-refractivity contribution in [2.75, 3.05) is 0 Å². The number of benzene rings is 2. The third-order valence-corrected chi connectivity index (χ3v) is 3.49. The van der Waals surface area contributed by atoms with Crippen LogP contribution in [0.15, 0.2) is 54.6 Å². The van der Waals surface area contributed by atoms with E-state index in [1.54, 1.807) is 6.08 Å². The fourth-order valence-electron chi connectivity index (χ4n) is 2.49. The average molecular weight is 320 g/mol. The van der Waals surface area contributed by atoms with Gasteiger partial charge in [0, 0.05) is 30.9 Å². The van der Waals surface area contributed by atoms with Crippen LogP contribution in [0.25, 0.3) is 22.7 Å². The molecule has 0 amide bonds. The first-order valence-corrected chi connectivity index (χ1v) is 7.50. The topological polar surface area (TPSA) is 61.2 Å². The molecule has 3 aromatic rings. The van der Waals surface area contributed by atoms with Crippen LogP contribution >= 0.6 is 0 Å². The van der Waals surface area contributed by atoms with Gasteiger partial charge < -0.3 is 4.74 Å². The number of fused-ring (bicyclic) bond motifs is 1. The molecule has 0 fully saturated rings. The molecule has 5 heteroatoms. The van der Waals surface area contributed by atoms with Gasteiger partial charge in [0.25, 0.3) is 0 Å². The molecule has 0 radical (unpaired) electrons. The highest BCUT2D eigenvalue weighted by molar-refractivity contribution is 5.97. The van der Waals surface area contributed by atoms with Crippen LogP contribution in [0.4, 0.5) is 0 Å². The molecule has 24 heavy (non-hydrogen) atoms. The van der Waals surface area contributed by atoms with E-state index in [0.29, 0.717) is 17.0 Å². The van der Waals surface area contributed by atoms with Gasteiger partial charge in [0.15, 0.2) is 0 Å². The number of esters is 1. The molecule has 1 aromatic heterocycles. The van der Waals surface area contributed by atoms with Crippen LogP contribution in [0, 0.1) is 0 Å². The number of carbonyl (C=O) groups is 2. The number of ether oxygens (including phenoxy) is 1. The second-order valence-corrected chi connectivity index (χ2v) is 5.30. The minimum absolute atomic E-state index is 0.181. The second-order valence-electron chi connectivity index (χ2n) is 5.30. The fraction of sp³-hybridized carbons (Fsp3) is 0.105. The monoisotopic (exact) mass is 320 g/mol. The molecule has 120 valence electrons. The van der Waals surface area contributed by atoms with Crippen LogP contribution in [-0.2, 0) is 9.53 Å². The van der Waals surface area contributed by atoms with Crippen molar-refractivity contribution < 1.29 is 14.3 Å². The van der Waals surface area contributed by atoms with Gasteiger partial charge >= 0.3 is 5.97 Å². The first-order chi connectivity index (χ1) is 11.6. The molecular weight excluding hydrogens is 304 g/mol. The molecule has 0 saturated carbocycles. The van der Waals surface area contributed by atoms with Gasteiger partial charge in [-0.2, -0.15) is 9.78 Å². The summed E-state index contributed by atoms with van der Waals surface area (Å²) in [4.78, 5) is 23.3. The van der Waals surface area contributed by atoms with Gasteiger partial charge in [0.1, 0.15) is 5.76 Å². The molecule has 0 aliphatic carbocycles. The van der Waals surface area contributed by atoms with Crippen molar-refractivity contribution in [1.29, 1.82) is 0 Å². The van der Waals surface area contributed by atoms with Gasteiger partial charge in [-0.1, -0.05) is 48.5 Å². The van der Waals surface area contributed by atoms with Crippen LogP contribution in [0.5, 0.6) is 0 Å². The Morgan fingerprint density at radius 1 is 1.00 bits per heavy atom. The van der Waals surface area contributed by atoms with Crippen molar-refractivity contribution in [3.8, 4) is 0 Å². The summed E-state index contributed by atoms with van der Waals surface area (Å²) in [5, 5.41) is 5.17. The van der Waals surface area contributed by atoms with E-state index >= 15 is 0 Å². The number of carbonyl (C=O) groups excluding carboxylic acids is 2. The number of rotatable bonds is 3. The Kier molecular flexibility index (Phi) is 4.24. The number of nitrogens with zero attached hydrogens (tertiary/aromatic N) is 2. The summed E-state index contributed by atoms with van der Waals surface area (Å²) in [6, 6.07) is 16.7. The molecule has 0 atom stereocenters. The van der Waals surface area contributed by atoms with Crippen LogP contribution in [0.1, 0.15) is 29.9 Å². The van der Waals surface area contributed by atoms with E-state index in [1.807, 2.05) is 54.6 Å². The third-order valence-electron chi connectivity index (χ3n) is 3.49. The molecule has 0 N–H and O–H groups in total. The molecular formula is C19H16N2O3. The van der Waals surface area contributed by atoms with Crippen LogP contribution in [0.2, 0.25) is 0 Å². The maximum Gasteiger partial charge on any atom is 0.308 e. The second kappa shape index (κ2) is 6.50. The van der Waals surface area contributed by atoms with Crippen molar-refractivity contribution in [2.24, 2.45) is 0 Å². The SMILES string of the molecule is CC(=O)O/C(=C\c1nn(C(C)=O)c2ccccc12)c1ccccc1. The standard InChI is InChI=1S/C19H16N2O3/c1-13(22)21-18-11-7-6-10-16(18)17(20-21)12-19(24-14(2)23)15-8-4-3-5-9-15/h3-12H,1-2H3/b19-12-. The summed E-state index contributed by atoms with van der Waals surface area (Å²) in [6.07, 6.45) is 1.68. The van der Waals surface area contributed by atoms with E-state index in [2.05, 4.69) is 5.10 Å². The summed E-state index contributed by atoms with van der Waals surface area (Å²) < 4.78 is 6.69. The quantitative estimate of drug-likeness (QED) is 0.544. The zero-order chi connectivity index (χ0) is 17.1. The molecule has 1 heterocycles. The highest BCUT2D eigenvalue weighted by atomic mass is 16.5. The van der Waals surface area contributed by atoms with Crippen molar-refractivity contribution >= 4 is 34.6 Å². The van der Waals surface area contributed by atoms with Gasteiger partial charge in [-0.15, -0.1) is 0 Å². The van der Waals surface area contributed by atoms with E-state index < -0.39 is 5.97 Å². The van der Waals surface area contributed by atoms with E-state index in [4.69, 9.17) is 4.74 Å². The molecule has 0 aliphatic heterocycles. The molecule has 0 unspecified atom stereocenters. The van der Waals surface area contributed by atoms with E-state index in [-0.39, 0.29) is 5.91 Å². The molecule has 2 aromatic carbocycles. The predicted molar refractivity (Wildman–Crippen MR) is 92.1 cm³/mol. The lowest BCUT2D eigenvalue weighted by Gasteiger charge is -2.06. The molecule has 5 nitrogen and oxygen atoms in total. The van der Waals surface area contributed by atoms with E-state index in [9.17, 15) is 9.59 Å². The lowest BCUT2D eigenvalue weighted by atomic mass is 10.1. The van der Waals surface area contributed by atoms with Crippen LogP contribution in [0.3, 0.4) is 0 Å². The van der Waals surface area contributed by atoms with E-state index in [0.717, 1.165) is 10.9 Å². The Morgan fingerprint density at radius 2 is 1.67 bits per heavy atom. The predicted octanol–water partition coefficient (Wildman–Crippen LogP) is 3.76. The maximum atomic E-state index is 11.8. The highest BCUT2D eigenvalue weighted by Gasteiger charge is 2.14. The molecule has 0 saturated heterocycles. The number of hydrogen-bond donors (Lipinski definition) is 0. The third kappa shape index (κ3) is 3.10. The molecule has 0 spiro atoms. The average Bonchev–Trinajstić information content (AvgIpc) is 2.94. The van der Waals surface area contributed by atoms with Crippen LogP contribution < -0.4 is 0 Å². The number of aromatic nitrogens is 2. The first kappa shape index (κ1) is 15.7. The van der Waals surface area contributed by atoms with Gasteiger partial charge in [0.05, 0.1) is 11.2 Å². The largest absolute Gasteiger partial charge is 0.426 e. The fourth-order valence-corrected chi connectivity index (χ4v) is 2.49. The zero-order valence-electron chi connectivity index (χ0n) is 13.4. The van der Waals surface area contributed by atoms with Crippen molar-refractivity contribution in [1.82, 2.24) is 9.78 Å². The Bertz CT molecular complexity index is 940. The van der Waals surface area contributed by atoms with Crippen molar-refractivity contribution in [3.05, 3.63) is 65.9 Å². The molecule has 3 rings (SSSR count). The minimum atomic E-state index is -0.416. The Labute approximate surface area is 139 Å². The van der Waals surface area contributed by atoms with Gasteiger partial charge in [-0.05, 0) is 6.07 Å². The Balaban J connectivity index is 2.18. The first-order valence-electron chi connectivity index (χ1n) is 7.50. The molecule has 0 bridgehead atoms. The van der Waals surface area contributed by atoms with Gasteiger partial charge in [-0.3, -0.25) is 9.59 Å². The maximum absolute atomic E-state index is 11.8. The van der Waals surface area contributed by atoms with Gasteiger partial charge in [-0.25, -0.2) is 0 Å². The van der Waals surface area contributed by atoms with Crippen LogP contribution in [-0.4, -0.2) is 21.7 Å². The van der Waals surface area contributed by atoms with Crippen molar-refractivity contribution in [3.63, 3.8) is 0 Å². The number of hydrogen-bond acceptors (Lipinski definition) is 4. The summed E-state index contributed by atoms with van der Waals surface area (Å²) >= 11 is 0. The Morgan fingerprint density at radius 3 is 2.33 bits per heavy atom. The number of para-hydroxylation sites is 1. The lowest BCUT2D eigenvalue weighted by Crippen LogP contribution is -2.07. The smallest absolute Gasteiger partial charge is 0.308 e. The Hall–Kier alpha value is -3.21. The van der Waals surface area contributed by atoms with Gasteiger partial charge in [0.2, 0.25) is 5.91 Å². The van der Waals surface area contributed by atoms with E-state index in [1.165, 1.54) is 18.5 Å².